The minimum Gasteiger partial charge on any atom is -0.383 e. The number of benzene rings is 1. The third-order valence-corrected chi connectivity index (χ3v) is 4.27. The maximum Gasteiger partial charge on any atom is 0.416 e. The van der Waals surface area contributed by atoms with Crippen LogP contribution in [-0.4, -0.2) is 40.5 Å². The molecule has 1 N–H and O–H groups in total. The zero-order chi connectivity index (χ0) is 16.3. The molecule has 5 nitrogen and oxygen atoms in total. The van der Waals surface area contributed by atoms with E-state index in [9.17, 15) is 21.6 Å². The van der Waals surface area contributed by atoms with Crippen LogP contribution < -0.4 is 4.72 Å². The minimum absolute atomic E-state index is 0.0889. The molecule has 0 aromatic heterocycles. The SMILES string of the molecule is COC[C@H](NS(=O)(=O)N(C)C)c1cccc(C(F)(F)F)c1. The van der Waals surface area contributed by atoms with Gasteiger partial charge in [-0.1, -0.05) is 12.1 Å². The van der Waals surface area contributed by atoms with Gasteiger partial charge in [-0.05, 0) is 17.7 Å². The number of ether oxygens (including phenoxy) is 1. The van der Waals surface area contributed by atoms with E-state index < -0.39 is 28.0 Å². The highest BCUT2D eigenvalue weighted by atomic mass is 32.2. The van der Waals surface area contributed by atoms with Gasteiger partial charge in [0.1, 0.15) is 0 Å². The van der Waals surface area contributed by atoms with Crippen LogP contribution in [0.15, 0.2) is 24.3 Å². The monoisotopic (exact) mass is 326 g/mol. The summed E-state index contributed by atoms with van der Waals surface area (Å²) in [6.45, 7) is -0.0889. The highest BCUT2D eigenvalue weighted by molar-refractivity contribution is 7.87. The Morgan fingerprint density at radius 1 is 1.33 bits per heavy atom. The number of nitrogens with one attached hydrogen (secondary N) is 1. The first-order valence-electron chi connectivity index (χ1n) is 5.94. The lowest BCUT2D eigenvalue weighted by Gasteiger charge is -2.21. The molecule has 0 amide bonds. The molecule has 0 heterocycles. The molecule has 0 unspecified atom stereocenters. The van der Waals surface area contributed by atoms with Crippen LogP contribution in [0.5, 0.6) is 0 Å². The van der Waals surface area contributed by atoms with Crippen molar-refractivity contribution in [1.29, 1.82) is 0 Å². The van der Waals surface area contributed by atoms with Crippen molar-refractivity contribution < 1.29 is 26.3 Å². The molecule has 0 bridgehead atoms. The maximum atomic E-state index is 12.7. The van der Waals surface area contributed by atoms with Gasteiger partial charge in [-0.2, -0.15) is 30.6 Å². The van der Waals surface area contributed by atoms with Gasteiger partial charge >= 0.3 is 6.18 Å². The second-order valence-electron chi connectivity index (χ2n) is 4.54. The molecule has 1 atom stereocenters. The molecule has 1 aromatic carbocycles. The number of hydrogen-bond donors (Lipinski definition) is 1. The number of halogens is 3. The number of methoxy groups -OCH3 is 1. The van der Waals surface area contributed by atoms with Crippen LogP contribution in [0.25, 0.3) is 0 Å². The lowest BCUT2D eigenvalue weighted by Crippen LogP contribution is -2.39. The Kier molecular flexibility index (Phi) is 5.74. The molecule has 0 saturated carbocycles. The maximum absolute atomic E-state index is 12.7. The summed E-state index contributed by atoms with van der Waals surface area (Å²) >= 11 is 0. The summed E-state index contributed by atoms with van der Waals surface area (Å²) in [5.74, 6) is 0. The summed E-state index contributed by atoms with van der Waals surface area (Å²) in [7, 11) is 0.179. The van der Waals surface area contributed by atoms with E-state index >= 15 is 0 Å². The van der Waals surface area contributed by atoms with Crippen LogP contribution in [0.4, 0.5) is 13.2 Å². The number of hydrogen-bond acceptors (Lipinski definition) is 3. The molecule has 0 aliphatic heterocycles. The second kappa shape index (κ2) is 6.73. The predicted octanol–water partition coefficient (Wildman–Crippen LogP) is 1.79. The highest BCUT2D eigenvalue weighted by Gasteiger charge is 2.31. The van der Waals surface area contributed by atoms with Crippen LogP contribution in [0, 0.1) is 0 Å². The summed E-state index contributed by atoms with van der Waals surface area (Å²) < 4.78 is 69.8. The van der Waals surface area contributed by atoms with E-state index in [2.05, 4.69) is 4.72 Å². The molecule has 0 radical (unpaired) electrons. The Balaban J connectivity index is 3.12. The first-order valence-corrected chi connectivity index (χ1v) is 7.38. The molecule has 0 aliphatic rings. The summed E-state index contributed by atoms with van der Waals surface area (Å²) in [4.78, 5) is 0. The fourth-order valence-electron chi connectivity index (χ4n) is 1.58. The van der Waals surface area contributed by atoms with Gasteiger partial charge in [0.2, 0.25) is 0 Å². The van der Waals surface area contributed by atoms with Gasteiger partial charge in [0, 0.05) is 21.2 Å². The number of rotatable bonds is 6. The summed E-state index contributed by atoms with van der Waals surface area (Å²) in [5, 5.41) is 0. The van der Waals surface area contributed by atoms with Crippen LogP contribution in [0.3, 0.4) is 0 Å². The average molecular weight is 326 g/mol. The second-order valence-corrected chi connectivity index (χ2v) is 6.45. The predicted molar refractivity (Wildman–Crippen MR) is 71.8 cm³/mol. The Morgan fingerprint density at radius 3 is 2.43 bits per heavy atom. The van der Waals surface area contributed by atoms with Crippen LogP contribution in [0.1, 0.15) is 17.2 Å². The summed E-state index contributed by atoms with van der Waals surface area (Å²) in [6, 6.07) is 3.56. The summed E-state index contributed by atoms with van der Waals surface area (Å²) in [6.07, 6.45) is -4.49. The molecule has 120 valence electrons. The van der Waals surface area contributed by atoms with Crippen LogP contribution in [-0.2, 0) is 21.1 Å². The van der Waals surface area contributed by atoms with Crippen LogP contribution in [0.2, 0.25) is 0 Å². The lowest BCUT2D eigenvalue weighted by atomic mass is 10.0. The molecule has 0 fully saturated rings. The largest absolute Gasteiger partial charge is 0.416 e. The van der Waals surface area contributed by atoms with Crippen molar-refractivity contribution in [3.8, 4) is 0 Å². The standard InChI is InChI=1S/C12H17F3N2O3S/c1-17(2)21(18,19)16-11(8-20-3)9-5-4-6-10(7-9)12(13,14)15/h4-7,11,16H,8H2,1-3H3/t11-/m0/s1. The van der Waals surface area contributed by atoms with E-state index in [4.69, 9.17) is 4.74 Å². The first kappa shape index (κ1) is 17.9. The smallest absolute Gasteiger partial charge is 0.383 e. The zero-order valence-corrected chi connectivity index (χ0v) is 12.6. The Bertz CT molecular complexity index is 573. The van der Waals surface area contributed by atoms with Crippen molar-refractivity contribution >= 4 is 10.2 Å². The normalized spacial score (nSPS) is 14.4. The Labute approximate surface area is 121 Å². The molecule has 9 heteroatoms. The molecule has 0 spiro atoms. The van der Waals surface area contributed by atoms with E-state index in [1.807, 2.05) is 0 Å². The molecule has 0 aliphatic carbocycles. The number of nitrogens with zero attached hydrogens (tertiary/aromatic N) is 1. The Morgan fingerprint density at radius 2 is 1.95 bits per heavy atom. The minimum atomic E-state index is -4.49. The van der Waals surface area contributed by atoms with Gasteiger partial charge in [-0.25, -0.2) is 0 Å². The average Bonchev–Trinajstić information content (AvgIpc) is 2.37. The topological polar surface area (TPSA) is 58.6 Å². The fraction of sp³-hybridized carbons (Fsp3) is 0.500. The van der Waals surface area contributed by atoms with Crippen LogP contribution >= 0.6 is 0 Å². The highest BCUT2D eigenvalue weighted by Crippen LogP contribution is 2.31. The van der Waals surface area contributed by atoms with Crippen molar-refractivity contribution in [1.82, 2.24) is 9.03 Å². The molecule has 1 aromatic rings. The van der Waals surface area contributed by atoms with Gasteiger partial charge in [0.15, 0.2) is 0 Å². The molecular formula is C12H17F3N2O3S. The summed E-state index contributed by atoms with van der Waals surface area (Å²) in [5.41, 5.74) is -0.665. The van der Waals surface area contributed by atoms with Crippen molar-refractivity contribution in [2.75, 3.05) is 27.8 Å². The van der Waals surface area contributed by atoms with Gasteiger partial charge in [-0.15, -0.1) is 0 Å². The van der Waals surface area contributed by atoms with Crippen molar-refractivity contribution in [2.45, 2.75) is 12.2 Å². The van der Waals surface area contributed by atoms with Crippen molar-refractivity contribution in [3.63, 3.8) is 0 Å². The molecule has 21 heavy (non-hydrogen) atoms. The van der Waals surface area contributed by atoms with E-state index in [0.29, 0.717) is 0 Å². The first-order chi connectivity index (χ1) is 9.58. The van der Waals surface area contributed by atoms with Crippen molar-refractivity contribution in [2.24, 2.45) is 0 Å². The van der Waals surface area contributed by atoms with Gasteiger partial charge in [0.05, 0.1) is 18.2 Å². The van der Waals surface area contributed by atoms with Gasteiger partial charge < -0.3 is 4.74 Å². The molecule has 0 saturated heterocycles. The van der Waals surface area contributed by atoms with Crippen molar-refractivity contribution in [3.05, 3.63) is 35.4 Å². The quantitative estimate of drug-likeness (QED) is 0.867. The van der Waals surface area contributed by atoms with E-state index in [1.165, 1.54) is 33.3 Å². The van der Waals surface area contributed by atoms with Gasteiger partial charge in [-0.3, -0.25) is 0 Å². The number of alkyl halides is 3. The van der Waals surface area contributed by atoms with E-state index in [0.717, 1.165) is 16.4 Å². The van der Waals surface area contributed by atoms with Gasteiger partial charge in [0.25, 0.3) is 10.2 Å². The lowest BCUT2D eigenvalue weighted by molar-refractivity contribution is -0.137. The Hall–Kier alpha value is -1.16. The molecular weight excluding hydrogens is 309 g/mol. The zero-order valence-electron chi connectivity index (χ0n) is 11.8. The fourth-order valence-corrected chi connectivity index (χ4v) is 2.36. The third kappa shape index (κ3) is 4.95. The van der Waals surface area contributed by atoms with E-state index in [1.54, 1.807) is 0 Å². The molecule has 1 rings (SSSR count). The van der Waals surface area contributed by atoms with E-state index in [-0.39, 0.29) is 12.2 Å². The third-order valence-electron chi connectivity index (χ3n) is 2.72.